The van der Waals surface area contributed by atoms with Gasteiger partial charge in [0.25, 0.3) is 5.91 Å². The van der Waals surface area contributed by atoms with E-state index in [2.05, 4.69) is 15.6 Å². The Balaban J connectivity index is 1.13. The first-order valence-electron chi connectivity index (χ1n) is 15.8. The first-order chi connectivity index (χ1) is 21.0. The SMILES string of the molecule is CSCC[C@H](NC(=O)c1ccc(NCc2cccnc2)cc1-c1ccccc1)C(=O)OCCC12CC3CC(CC(C3)C1)C2. The molecule has 6 nitrogen and oxygen atoms in total. The van der Waals surface area contributed by atoms with Crippen LogP contribution in [0, 0.1) is 23.2 Å². The van der Waals surface area contributed by atoms with Crippen LogP contribution in [0.4, 0.5) is 5.69 Å². The van der Waals surface area contributed by atoms with Crippen molar-refractivity contribution in [1.82, 2.24) is 10.3 Å². The molecule has 0 radical (unpaired) electrons. The van der Waals surface area contributed by atoms with Gasteiger partial charge in [0.1, 0.15) is 6.04 Å². The van der Waals surface area contributed by atoms with Crippen molar-refractivity contribution in [3.8, 4) is 11.1 Å². The molecular formula is C36H43N3O3S. The normalized spacial score (nSPS) is 24.3. The number of rotatable bonds is 13. The summed E-state index contributed by atoms with van der Waals surface area (Å²) < 4.78 is 5.91. The fourth-order valence-corrected chi connectivity index (χ4v) is 8.67. The molecule has 7 heteroatoms. The lowest BCUT2D eigenvalue weighted by Gasteiger charge is -2.57. The summed E-state index contributed by atoms with van der Waals surface area (Å²) in [5, 5.41) is 6.49. The van der Waals surface area contributed by atoms with Gasteiger partial charge in [0.15, 0.2) is 0 Å². The summed E-state index contributed by atoms with van der Waals surface area (Å²) in [5.41, 5.74) is 4.63. The van der Waals surface area contributed by atoms with Crippen LogP contribution < -0.4 is 10.6 Å². The number of carbonyl (C=O) groups excluding carboxylic acids is 2. The molecule has 1 heterocycles. The number of hydrogen-bond donors (Lipinski definition) is 2. The minimum Gasteiger partial charge on any atom is -0.464 e. The van der Waals surface area contributed by atoms with Gasteiger partial charge in [-0.2, -0.15) is 11.8 Å². The molecule has 0 unspecified atom stereocenters. The molecule has 226 valence electrons. The molecule has 4 fully saturated rings. The van der Waals surface area contributed by atoms with Crippen LogP contribution in [0.25, 0.3) is 11.1 Å². The van der Waals surface area contributed by atoms with E-state index in [1.54, 1.807) is 18.0 Å². The van der Waals surface area contributed by atoms with E-state index in [-0.39, 0.29) is 11.9 Å². The molecule has 43 heavy (non-hydrogen) atoms. The second-order valence-corrected chi connectivity index (χ2v) is 14.0. The molecule has 2 aromatic carbocycles. The maximum atomic E-state index is 13.8. The van der Waals surface area contributed by atoms with E-state index in [0.717, 1.165) is 52.3 Å². The average molecular weight is 598 g/mol. The van der Waals surface area contributed by atoms with Crippen molar-refractivity contribution < 1.29 is 14.3 Å². The molecule has 4 aliphatic rings. The van der Waals surface area contributed by atoms with Gasteiger partial charge in [-0.25, -0.2) is 4.79 Å². The Bertz CT molecular complexity index is 1360. The van der Waals surface area contributed by atoms with Gasteiger partial charge < -0.3 is 15.4 Å². The third-order valence-electron chi connectivity index (χ3n) is 9.81. The number of esters is 1. The number of benzene rings is 2. The molecule has 7 rings (SSSR count). The third-order valence-corrected chi connectivity index (χ3v) is 10.5. The molecule has 1 atom stereocenters. The number of nitrogens with zero attached hydrogens (tertiary/aromatic N) is 1. The van der Waals surface area contributed by atoms with Gasteiger partial charge in [-0.1, -0.05) is 36.4 Å². The topological polar surface area (TPSA) is 80.3 Å². The fourth-order valence-electron chi connectivity index (χ4n) is 8.20. The van der Waals surface area contributed by atoms with Crippen LogP contribution in [0.2, 0.25) is 0 Å². The van der Waals surface area contributed by atoms with Crippen molar-refractivity contribution in [2.24, 2.45) is 23.2 Å². The zero-order chi connectivity index (χ0) is 29.6. The number of amides is 1. The lowest BCUT2D eigenvalue weighted by molar-refractivity contribution is -0.148. The van der Waals surface area contributed by atoms with Crippen LogP contribution in [0.5, 0.6) is 0 Å². The van der Waals surface area contributed by atoms with Gasteiger partial charge in [0.05, 0.1) is 6.61 Å². The molecule has 2 N–H and O–H groups in total. The number of ether oxygens (including phenoxy) is 1. The monoisotopic (exact) mass is 597 g/mol. The molecule has 0 aliphatic heterocycles. The van der Waals surface area contributed by atoms with E-state index in [0.29, 0.717) is 30.6 Å². The van der Waals surface area contributed by atoms with Crippen molar-refractivity contribution in [2.45, 2.75) is 64.0 Å². The lowest BCUT2D eigenvalue weighted by atomic mass is 9.49. The molecule has 1 amide bonds. The van der Waals surface area contributed by atoms with Gasteiger partial charge in [-0.15, -0.1) is 0 Å². The summed E-state index contributed by atoms with van der Waals surface area (Å²) in [6, 6.07) is 18.9. The molecule has 4 bridgehead atoms. The number of carbonyl (C=O) groups is 2. The second-order valence-electron chi connectivity index (χ2n) is 13.0. The van der Waals surface area contributed by atoms with Gasteiger partial charge >= 0.3 is 5.97 Å². The Morgan fingerprint density at radius 1 is 1.00 bits per heavy atom. The highest BCUT2D eigenvalue weighted by atomic mass is 32.2. The number of nitrogens with one attached hydrogen (secondary N) is 2. The molecular weight excluding hydrogens is 554 g/mol. The Kier molecular flexibility index (Phi) is 9.37. The Hall–Kier alpha value is -3.32. The minimum atomic E-state index is -0.677. The van der Waals surface area contributed by atoms with E-state index in [9.17, 15) is 9.59 Å². The predicted molar refractivity (Wildman–Crippen MR) is 174 cm³/mol. The van der Waals surface area contributed by atoms with Gasteiger partial charge in [0, 0.05) is 30.2 Å². The van der Waals surface area contributed by atoms with E-state index in [1.807, 2.05) is 73.1 Å². The number of hydrogen-bond acceptors (Lipinski definition) is 6. The highest BCUT2D eigenvalue weighted by Gasteiger charge is 2.50. The van der Waals surface area contributed by atoms with E-state index in [1.165, 1.54) is 38.5 Å². The first-order valence-corrected chi connectivity index (χ1v) is 17.2. The van der Waals surface area contributed by atoms with Crippen LogP contribution in [-0.4, -0.2) is 41.5 Å². The maximum Gasteiger partial charge on any atom is 0.328 e. The smallest absolute Gasteiger partial charge is 0.328 e. The standard InChI is InChI=1S/C36H43N3O3S/c1-43-15-11-33(35(41)42-14-12-36-20-26-16-27(21-36)18-28(17-26)22-36)39-34(40)31-10-9-30(38-24-25-6-5-13-37-23-25)19-32(31)29-7-3-2-4-8-29/h2-10,13,19,23,26-28,33,38H,11-12,14-18,20-22,24H2,1H3,(H,39,40)/t26?,27?,28?,33-,36?/m0/s1. The van der Waals surface area contributed by atoms with E-state index < -0.39 is 6.04 Å². The average Bonchev–Trinajstić information content (AvgIpc) is 3.02. The lowest BCUT2D eigenvalue weighted by Crippen LogP contribution is -2.47. The second kappa shape index (κ2) is 13.5. The Labute approximate surface area is 259 Å². The number of pyridine rings is 1. The van der Waals surface area contributed by atoms with Crippen LogP contribution >= 0.6 is 11.8 Å². The van der Waals surface area contributed by atoms with E-state index in [4.69, 9.17) is 4.74 Å². The van der Waals surface area contributed by atoms with Gasteiger partial charge in [-0.05, 0) is 127 Å². The van der Waals surface area contributed by atoms with Crippen LogP contribution in [0.1, 0.15) is 67.3 Å². The summed E-state index contributed by atoms with van der Waals surface area (Å²) >= 11 is 1.67. The quantitative estimate of drug-likeness (QED) is 0.200. The fraction of sp³-hybridized carbons (Fsp3) is 0.472. The first kappa shape index (κ1) is 29.7. The van der Waals surface area contributed by atoms with Crippen molar-refractivity contribution in [3.63, 3.8) is 0 Å². The zero-order valence-electron chi connectivity index (χ0n) is 25.1. The van der Waals surface area contributed by atoms with Crippen molar-refractivity contribution in [3.05, 3.63) is 84.2 Å². The summed E-state index contributed by atoms with van der Waals surface area (Å²) in [6.45, 7) is 1.07. The third kappa shape index (κ3) is 7.26. The Morgan fingerprint density at radius 2 is 1.74 bits per heavy atom. The van der Waals surface area contributed by atoms with Gasteiger partial charge in [0.2, 0.25) is 0 Å². The summed E-state index contributed by atoms with van der Waals surface area (Å²) in [4.78, 5) is 31.3. The van der Waals surface area contributed by atoms with Crippen LogP contribution in [0.3, 0.4) is 0 Å². The van der Waals surface area contributed by atoms with Gasteiger partial charge in [-0.3, -0.25) is 9.78 Å². The molecule has 1 aromatic heterocycles. The van der Waals surface area contributed by atoms with Crippen molar-refractivity contribution in [1.29, 1.82) is 0 Å². The van der Waals surface area contributed by atoms with Crippen LogP contribution in [0.15, 0.2) is 73.1 Å². The highest BCUT2D eigenvalue weighted by molar-refractivity contribution is 7.98. The maximum absolute atomic E-state index is 13.8. The largest absolute Gasteiger partial charge is 0.464 e. The minimum absolute atomic E-state index is 0.262. The zero-order valence-corrected chi connectivity index (χ0v) is 25.9. The van der Waals surface area contributed by atoms with Crippen molar-refractivity contribution >= 4 is 29.3 Å². The molecule has 4 aliphatic carbocycles. The highest BCUT2D eigenvalue weighted by Crippen LogP contribution is 2.61. The molecule has 0 spiro atoms. The number of thioether (sulfide) groups is 1. The summed E-state index contributed by atoms with van der Waals surface area (Å²) in [5.74, 6) is 2.83. The predicted octanol–water partition coefficient (Wildman–Crippen LogP) is 7.36. The summed E-state index contributed by atoms with van der Waals surface area (Å²) in [6.07, 6.45) is 15.3. The number of anilines is 1. The molecule has 0 saturated heterocycles. The summed E-state index contributed by atoms with van der Waals surface area (Å²) in [7, 11) is 0. The Morgan fingerprint density at radius 3 is 2.42 bits per heavy atom. The number of aromatic nitrogens is 1. The van der Waals surface area contributed by atoms with Crippen LogP contribution in [-0.2, 0) is 16.1 Å². The molecule has 4 saturated carbocycles. The van der Waals surface area contributed by atoms with E-state index >= 15 is 0 Å². The molecule has 3 aromatic rings. The van der Waals surface area contributed by atoms with Crippen molar-refractivity contribution in [2.75, 3.05) is 23.9 Å².